The van der Waals surface area contributed by atoms with Crippen LogP contribution in [0, 0.1) is 6.92 Å². The van der Waals surface area contributed by atoms with Crippen molar-refractivity contribution in [1.82, 2.24) is 9.78 Å². The van der Waals surface area contributed by atoms with Gasteiger partial charge in [0.25, 0.3) is 0 Å². The number of halogens is 1. The highest BCUT2D eigenvalue weighted by molar-refractivity contribution is 7.99. The standard InChI is InChI=1S/C12H13ClN2OS/c1-8-11(7-16)12(15(2)14-8)17-10-5-3-4-9(13)6-10/h3-6,16H,7H2,1-2H3. The third kappa shape index (κ3) is 2.65. The van der Waals surface area contributed by atoms with Crippen LogP contribution in [0.5, 0.6) is 0 Å². The highest BCUT2D eigenvalue weighted by Gasteiger charge is 2.13. The Kier molecular flexibility index (Phi) is 3.76. The number of benzene rings is 1. The fourth-order valence-corrected chi connectivity index (χ4v) is 2.95. The Morgan fingerprint density at radius 3 is 2.88 bits per heavy atom. The minimum Gasteiger partial charge on any atom is -0.392 e. The van der Waals surface area contributed by atoms with E-state index in [0.29, 0.717) is 5.02 Å². The molecular weight excluding hydrogens is 256 g/mol. The Balaban J connectivity index is 2.36. The smallest absolute Gasteiger partial charge is 0.104 e. The quantitative estimate of drug-likeness (QED) is 0.930. The summed E-state index contributed by atoms with van der Waals surface area (Å²) in [5, 5.41) is 15.3. The molecule has 1 aromatic heterocycles. The summed E-state index contributed by atoms with van der Waals surface area (Å²) in [6.07, 6.45) is 0. The number of aliphatic hydroxyl groups excluding tert-OH is 1. The van der Waals surface area contributed by atoms with Gasteiger partial charge < -0.3 is 5.11 Å². The van der Waals surface area contributed by atoms with Crippen molar-refractivity contribution in [2.45, 2.75) is 23.5 Å². The van der Waals surface area contributed by atoms with E-state index in [4.69, 9.17) is 11.6 Å². The molecule has 0 atom stereocenters. The van der Waals surface area contributed by atoms with Crippen LogP contribution in [0.3, 0.4) is 0 Å². The minimum atomic E-state index is 0.00255. The Morgan fingerprint density at radius 2 is 2.24 bits per heavy atom. The lowest BCUT2D eigenvalue weighted by molar-refractivity contribution is 0.277. The monoisotopic (exact) mass is 268 g/mol. The molecule has 0 amide bonds. The van der Waals surface area contributed by atoms with E-state index in [9.17, 15) is 5.11 Å². The van der Waals surface area contributed by atoms with Gasteiger partial charge >= 0.3 is 0 Å². The molecule has 0 aliphatic rings. The number of hydrogen-bond acceptors (Lipinski definition) is 3. The van der Waals surface area contributed by atoms with Crippen molar-refractivity contribution >= 4 is 23.4 Å². The molecule has 0 radical (unpaired) electrons. The fourth-order valence-electron chi connectivity index (χ4n) is 1.63. The van der Waals surface area contributed by atoms with Gasteiger partial charge in [-0.1, -0.05) is 29.4 Å². The molecule has 1 N–H and O–H groups in total. The summed E-state index contributed by atoms with van der Waals surface area (Å²) in [6.45, 7) is 1.90. The summed E-state index contributed by atoms with van der Waals surface area (Å²) in [7, 11) is 1.87. The summed E-state index contributed by atoms with van der Waals surface area (Å²) < 4.78 is 1.78. The Labute approximate surface area is 109 Å². The van der Waals surface area contributed by atoms with E-state index in [2.05, 4.69) is 5.10 Å². The zero-order valence-electron chi connectivity index (χ0n) is 9.64. The lowest BCUT2D eigenvalue weighted by atomic mass is 10.3. The zero-order valence-corrected chi connectivity index (χ0v) is 11.2. The largest absolute Gasteiger partial charge is 0.392 e. The number of hydrogen-bond donors (Lipinski definition) is 1. The molecule has 0 fully saturated rings. The predicted molar refractivity (Wildman–Crippen MR) is 69.4 cm³/mol. The number of nitrogens with zero attached hydrogens (tertiary/aromatic N) is 2. The van der Waals surface area contributed by atoms with Crippen molar-refractivity contribution in [2.75, 3.05) is 0 Å². The van der Waals surface area contributed by atoms with Crippen molar-refractivity contribution in [3.05, 3.63) is 40.5 Å². The molecule has 0 saturated carbocycles. The molecule has 0 spiro atoms. The van der Waals surface area contributed by atoms with Crippen molar-refractivity contribution in [3.8, 4) is 0 Å². The normalized spacial score (nSPS) is 10.8. The van der Waals surface area contributed by atoms with Gasteiger partial charge in [0.2, 0.25) is 0 Å². The summed E-state index contributed by atoms with van der Waals surface area (Å²) in [5.74, 6) is 0. The van der Waals surface area contributed by atoms with Crippen LogP contribution in [0.4, 0.5) is 0 Å². The highest BCUT2D eigenvalue weighted by Crippen LogP contribution is 2.32. The van der Waals surface area contributed by atoms with Gasteiger partial charge in [0, 0.05) is 22.5 Å². The maximum atomic E-state index is 9.35. The van der Waals surface area contributed by atoms with E-state index >= 15 is 0 Å². The van der Waals surface area contributed by atoms with Crippen molar-refractivity contribution < 1.29 is 5.11 Å². The highest BCUT2D eigenvalue weighted by atomic mass is 35.5. The summed E-state index contributed by atoms with van der Waals surface area (Å²) >= 11 is 7.50. The van der Waals surface area contributed by atoms with Gasteiger partial charge in [-0.25, -0.2) is 0 Å². The summed E-state index contributed by atoms with van der Waals surface area (Å²) in [6, 6.07) is 7.63. The first-order valence-corrected chi connectivity index (χ1v) is 6.38. The van der Waals surface area contributed by atoms with Crippen molar-refractivity contribution in [1.29, 1.82) is 0 Å². The lowest BCUT2D eigenvalue weighted by Gasteiger charge is -2.04. The number of aryl methyl sites for hydroxylation is 2. The first-order chi connectivity index (χ1) is 8.11. The van der Waals surface area contributed by atoms with Crippen LogP contribution in [0.15, 0.2) is 34.2 Å². The van der Waals surface area contributed by atoms with E-state index in [1.165, 1.54) is 0 Å². The summed E-state index contributed by atoms with van der Waals surface area (Å²) in [4.78, 5) is 1.04. The molecule has 2 rings (SSSR count). The molecule has 1 aromatic carbocycles. The maximum absolute atomic E-state index is 9.35. The molecule has 0 saturated heterocycles. The molecule has 0 aliphatic heterocycles. The average Bonchev–Trinajstić information content (AvgIpc) is 2.53. The molecule has 90 valence electrons. The minimum absolute atomic E-state index is 0.00255. The van der Waals surface area contributed by atoms with E-state index in [1.54, 1.807) is 16.4 Å². The van der Waals surface area contributed by atoms with E-state index in [-0.39, 0.29) is 6.61 Å². The van der Waals surface area contributed by atoms with Crippen LogP contribution in [-0.2, 0) is 13.7 Å². The number of aromatic nitrogens is 2. The van der Waals surface area contributed by atoms with E-state index in [0.717, 1.165) is 21.2 Å². The van der Waals surface area contributed by atoms with E-state index < -0.39 is 0 Å². The molecule has 0 aliphatic carbocycles. The topological polar surface area (TPSA) is 38.0 Å². The van der Waals surface area contributed by atoms with Gasteiger partial charge in [-0.3, -0.25) is 4.68 Å². The third-order valence-electron chi connectivity index (χ3n) is 2.46. The number of aliphatic hydroxyl groups is 1. The molecule has 5 heteroatoms. The second-order valence-electron chi connectivity index (χ2n) is 3.71. The lowest BCUT2D eigenvalue weighted by Crippen LogP contribution is -1.93. The van der Waals surface area contributed by atoms with E-state index in [1.807, 2.05) is 38.2 Å². The summed E-state index contributed by atoms with van der Waals surface area (Å²) in [5.41, 5.74) is 1.73. The SMILES string of the molecule is Cc1nn(C)c(Sc2cccc(Cl)c2)c1CO. The molecule has 2 aromatic rings. The first kappa shape index (κ1) is 12.5. The number of rotatable bonds is 3. The molecular formula is C12H13ClN2OS. The first-order valence-electron chi connectivity index (χ1n) is 5.18. The second-order valence-corrected chi connectivity index (χ2v) is 5.21. The molecule has 0 bridgehead atoms. The molecule has 3 nitrogen and oxygen atoms in total. The third-order valence-corrected chi connectivity index (χ3v) is 3.89. The molecule has 1 heterocycles. The Hall–Kier alpha value is -0.970. The van der Waals surface area contributed by atoms with Gasteiger partial charge in [0.05, 0.1) is 12.3 Å². The van der Waals surface area contributed by atoms with Crippen LogP contribution in [-0.4, -0.2) is 14.9 Å². The van der Waals surface area contributed by atoms with Crippen LogP contribution in [0.25, 0.3) is 0 Å². The van der Waals surface area contributed by atoms with Gasteiger partial charge in [-0.2, -0.15) is 5.10 Å². The van der Waals surface area contributed by atoms with Gasteiger partial charge in [-0.15, -0.1) is 0 Å². The van der Waals surface area contributed by atoms with Crippen molar-refractivity contribution in [3.63, 3.8) is 0 Å². The fraction of sp³-hybridized carbons (Fsp3) is 0.250. The Bertz CT molecular complexity index is 539. The van der Waals surface area contributed by atoms with Crippen molar-refractivity contribution in [2.24, 2.45) is 7.05 Å². The zero-order chi connectivity index (χ0) is 12.4. The van der Waals surface area contributed by atoms with Crippen LogP contribution < -0.4 is 0 Å². The Morgan fingerprint density at radius 1 is 1.47 bits per heavy atom. The van der Waals surface area contributed by atoms with Gasteiger partial charge in [-0.05, 0) is 25.1 Å². The van der Waals surface area contributed by atoms with Crippen LogP contribution in [0.2, 0.25) is 5.02 Å². The average molecular weight is 269 g/mol. The predicted octanol–water partition coefficient (Wildman–Crippen LogP) is 3.03. The van der Waals surface area contributed by atoms with Gasteiger partial charge in [0.15, 0.2) is 0 Å². The maximum Gasteiger partial charge on any atom is 0.104 e. The van der Waals surface area contributed by atoms with Gasteiger partial charge in [0.1, 0.15) is 5.03 Å². The molecule has 17 heavy (non-hydrogen) atoms. The van der Waals surface area contributed by atoms with Crippen LogP contribution >= 0.6 is 23.4 Å². The van der Waals surface area contributed by atoms with Crippen LogP contribution in [0.1, 0.15) is 11.3 Å². The second kappa shape index (κ2) is 5.12. The molecule has 0 unspecified atom stereocenters.